The topological polar surface area (TPSA) is 0 Å². The van der Waals surface area contributed by atoms with Gasteiger partial charge in [-0.25, -0.2) is 0 Å². The lowest BCUT2D eigenvalue weighted by molar-refractivity contribution is 0.583. The number of hydrogen-bond acceptors (Lipinski definition) is 0. The maximum Gasteiger partial charge on any atom is 0.110 e. The summed E-state index contributed by atoms with van der Waals surface area (Å²) in [5, 5.41) is 0. The van der Waals surface area contributed by atoms with Gasteiger partial charge in [0.05, 0.1) is 0 Å². The van der Waals surface area contributed by atoms with Gasteiger partial charge in [-0.1, -0.05) is 20.8 Å². The maximum absolute atomic E-state index is 5.62. The summed E-state index contributed by atoms with van der Waals surface area (Å²) in [5.74, 6) is 1.77. The van der Waals surface area contributed by atoms with Crippen LogP contribution in [0.25, 0.3) is 0 Å². The van der Waals surface area contributed by atoms with Crippen LogP contribution in [0.1, 0.15) is 27.2 Å². The summed E-state index contributed by atoms with van der Waals surface area (Å²) in [6.07, 6.45) is 1.03. The molecule has 0 aliphatic carbocycles. The molecule has 9 heavy (non-hydrogen) atoms. The molecule has 0 aromatic carbocycles. The summed E-state index contributed by atoms with van der Waals surface area (Å²) in [7, 11) is 0. The van der Waals surface area contributed by atoms with Gasteiger partial charge in [0, 0.05) is 0 Å². The van der Waals surface area contributed by atoms with E-state index in [9.17, 15) is 0 Å². The third-order valence-corrected chi connectivity index (χ3v) is 2.02. The SMILES string of the molecule is C[C](C)CC(C)C(Cl)Cl. The Labute approximate surface area is 67.5 Å². The molecule has 1 unspecified atom stereocenters. The van der Waals surface area contributed by atoms with Crippen LogP contribution in [0.2, 0.25) is 0 Å². The molecule has 0 saturated heterocycles. The summed E-state index contributed by atoms with van der Waals surface area (Å²) in [6.45, 7) is 6.23. The zero-order valence-corrected chi connectivity index (χ0v) is 7.63. The fourth-order valence-corrected chi connectivity index (χ4v) is 0.911. The van der Waals surface area contributed by atoms with Crippen LogP contribution < -0.4 is 0 Å². The molecule has 0 N–H and O–H groups in total. The number of hydrogen-bond donors (Lipinski definition) is 0. The summed E-state index contributed by atoms with van der Waals surface area (Å²) in [6, 6.07) is 0. The highest BCUT2D eigenvalue weighted by atomic mass is 35.5. The Balaban J connectivity index is 3.38. The van der Waals surface area contributed by atoms with Gasteiger partial charge in [-0.2, -0.15) is 0 Å². The highest BCUT2D eigenvalue weighted by Crippen LogP contribution is 2.22. The maximum atomic E-state index is 5.62. The fraction of sp³-hybridized carbons (Fsp3) is 0.857. The molecular weight excluding hydrogens is 155 g/mol. The first-order valence-electron chi connectivity index (χ1n) is 3.11. The van der Waals surface area contributed by atoms with Crippen LogP contribution in [-0.2, 0) is 0 Å². The van der Waals surface area contributed by atoms with Crippen LogP contribution in [0.5, 0.6) is 0 Å². The Morgan fingerprint density at radius 3 is 1.89 bits per heavy atom. The summed E-state index contributed by atoms with van der Waals surface area (Å²) >= 11 is 11.2. The van der Waals surface area contributed by atoms with Crippen LogP contribution >= 0.6 is 23.2 Å². The van der Waals surface area contributed by atoms with Crippen LogP contribution in [0.3, 0.4) is 0 Å². The van der Waals surface area contributed by atoms with Crippen molar-refractivity contribution in [1.82, 2.24) is 0 Å². The summed E-state index contributed by atoms with van der Waals surface area (Å²) in [4.78, 5) is -0.222. The summed E-state index contributed by atoms with van der Waals surface area (Å²) < 4.78 is 0. The highest BCUT2D eigenvalue weighted by molar-refractivity contribution is 6.44. The predicted octanol–water partition coefficient (Wildman–Crippen LogP) is 3.43. The minimum Gasteiger partial charge on any atom is -0.105 e. The van der Waals surface area contributed by atoms with Crippen molar-refractivity contribution in [3.63, 3.8) is 0 Å². The number of alkyl halides is 2. The molecule has 0 spiro atoms. The molecule has 0 saturated carbocycles. The standard InChI is InChI=1S/C7H13Cl2/c1-5(2)4-6(3)7(8)9/h6-7H,4H2,1-3H3. The third-order valence-electron chi connectivity index (χ3n) is 1.16. The molecule has 0 amide bonds. The van der Waals surface area contributed by atoms with Crippen molar-refractivity contribution in [2.45, 2.75) is 32.0 Å². The summed E-state index contributed by atoms with van der Waals surface area (Å²) in [5.41, 5.74) is 0. The first kappa shape index (κ1) is 9.58. The van der Waals surface area contributed by atoms with Gasteiger partial charge in [-0.3, -0.25) is 0 Å². The second-order valence-corrected chi connectivity index (χ2v) is 3.89. The lowest BCUT2D eigenvalue weighted by atomic mass is 10.0. The van der Waals surface area contributed by atoms with Crippen molar-refractivity contribution in [1.29, 1.82) is 0 Å². The Morgan fingerprint density at radius 1 is 1.33 bits per heavy atom. The quantitative estimate of drug-likeness (QED) is 0.566. The van der Waals surface area contributed by atoms with E-state index in [1.165, 1.54) is 5.92 Å². The molecule has 1 atom stereocenters. The lowest BCUT2D eigenvalue weighted by Crippen LogP contribution is -2.06. The van der Waals surface area contributed by atoms with Crippen LogP contribution in [0, 0.1) is 11.8 Å². The van der Waals surface area contributed by atoms with Gasteiger partial charge in [0.15, 0.2) is 0 Å². The molecule has 1 radical (unpaired) electrons. The molecular formula is C7H13Cl2. The van der Waals surface area contributed by atoms with Crippen molar-refractivity contribution in [2.24, 2.45) is 5.92 Å². The van der Waals surface area contributed by atoms with Gasteiger partial charge >= 0.3 is 0 Å². The Bertz CT molecular complexity index is 69.3. The fourth-order valence-electron chi connectivity index (χ4n) is 0.733. The van der Waals surface area contributed by atoms with Gasteiger partial charge in [-0.05, 0) is 18.3 Å². The van der Waals surface area contributed by atoms with Crippen molar-refractivity contribution in [2.75, 3.05) is 0 Å². The largest absolute Gasteiger partial charge is 0.110 e. The van der Waals surface area contributed by atoms with E-state index in [1.54, 1.807) is 0 Å². The molecule has 0 aliphatic rings. The van der Waals surface area contributed by atoms with E-state index in [2.05, 4.69) is 20.8 Å². The molecule has 0 aromatic heterocycles. The molecule has 55 valence electrons. The minimum atomic E-state index is -0.222. The van der Waals surface area contributed by atoms with Crippen molar-refractivity contribution >= 4 is 23.2 Å². The van der Waals surface area contributed by atoms with Crippen LogP contribution in [-0.4, -0.2) is 4.84 Å². The lowest BCUT2D eigenvalue weighted by Gasteiger charge is -2.13. The smallest absolute Gasteiger partial charge is 0.105 e. The molecule has 0 heterocycles. The molecule has 0 fully saturated rings. The minimum absolute atomic E-state index is 0.222. The van der Waals surface area contributed by atoms with Gasteiger partial charge in [-0.15, -0.1) is 23.2 Å². The van der Waals surface area contributed by atoms with E-state index in [0.29, 0.717) is 5.92 Å². The average molecular weight is 168 g/mol. The molecule has 0 aromatic rings. The second-order valence-electron chi connectivity index (χ2n) is 2.72. The molecule has 0 rings (SSSR count). The van der Waals surface area contributed by atoms with Gasteiger partial charge in [0.2, 0.25) is 0 Å². The van der Waals surface area contributed by atoms with Crippen molar-refractivity contribution < 1.29 is 0 Å². The van der Waals surface area contributed by atoms with E-state index in [4.69, 9.17) is 23.2 Å². The Morgan fingerprint density at radius 2 is 1.78 bits per heavy atom. The first-order chi connectivity index (χ1) is 4.04. The molecule has 0 bridgehead atoms. The number of halogens is 2. The first-order valence-corrected chi connectivity index (χ1v) is 3.98. The van der Waals surface area contributed by atoms with E-state index < -0.39 is 0 Å². The predicted molar refractivity (Wildman–Crippen MR) is 43.9 cm³/mol. The molecule has 0 aliphatic heterocycles. The van der Waals surface area contributed by atoms with Crippen LogP contribution in [0.4, 0.5) is 0 Å². The van der Waals surface area contributed by atoms with E-state index in [1.807, 2.05) is 0 Å². The normalized spacial score (nSPS) is 15.0. The average Bonchev–Trinajstić information content (AvgIpc) is 1.63. The molecule has 2 heteroatoms. The third kappa shape index (κ3) is 5.05. The highest BCUT2D eigenvalue weighted by Gasteiger charge is 2.11. The monoisotopic (exact) mass is 167 g/mol. The van der Waals surface area contributed by atoms with Crippen molar-refractivity contribution in [3.8, 4) is 0 Å². The van der Waals surface area contributed by atoms with E-state index in [0.717, 1.165) is 6.42 Å². The molecule has 0 nitrogen and oxygen atoms in total. The van der Waals surface area contributed by atoms with Crippen molar-refractivity contribution in [3.05, 3.63) is 5.92 Å². The Kier molecular flexibility index (Phi) is 4.69. The van der Waals surface area contributed by atoms with Gasteiger partial charge in [0.1, 0.15) is 4.84 Å². The van der Waals surface area contributed by atoms with Gasteiger partial charge in [0.25, 0.3) is 0 Å². The van der Waals surface area contributed by atoms with Crippen LogP contribution in [0.15, 0.2) is 0 Å². The van der Waals surface area contributed by atoms with E-state index >= 15 is 0 Å². The number of rotatable bonds is 3. The zero-order chi connectivity index (χ0) is 7.44. The van der Waals surface area contributed by atoms with E-state index in [-0.39, 0.29) is 4.84 Å². The Hall–Kier alpha value is 0.580. The second kappa shape index (κ2) is 4.40. The van der Waals surface area contributed by atoms with Gasteiger partial charge < -0.3 is 0 Å². The zero-order valence-electron chi connectivity index (χ0n) is 6.12.